The van der Waals surface area contributed by atoms with Gasteiger partial charge in [-0.2, -0.15) is 0 Å². The van der Waals surface area contributed by atoms with E-state index in [0.29, 0.717) is 29.2 Å². The lowest BCUT2D eigenvalue weighted by molar-refractivity contribution is -0.135. The first kappa shape index (κ1) is 15.1. The first-order chi connectivity index (χ1) is 8.64. The Morgan fingerprint density at radius 2 is 2.00 bits per heavy atom. The van der Waals surface area contributed by atoms with Crippen molar-refractivity contribution in [2.75, 3.05) is 19.6 Å². The highest BCUT2D eigenvalue weighted by molar-refractivity contribution is 5.85. The van der Waals surface area contributed by atoms with Crippen LogP contribution in [0.3, 0.4) is 0 Å². The van der Waals surface area contributed by atoms with Crippen LogP contribution >= 0.6 is 12.4 Å². The second-order valence-corrected chi connectivity index (χ2v) is 6.85. The SMILES string of the molecule is CC(C)C1CCCN1C(=O)C1CC12CCNCC2.Cl. The van der Waals surface area contributed by atoms with Crippen LogP contribution in [0, 0.1) is 17.3 Å². The van der Waals surface area contributed by atoms with Crippen molar-refractivity contribution in [1.82, 2.24) is 10.2 Å². The molecule has 2 atom stereocenters. The van der Waals surface area contributed by atoms with Gasteiger partial charge in [0.15, 0.2) is 0 Å². The monoisotopic (exact) mass is 286 g/mol. The maximum absolute atomic E-state index is 12.7. The predicted molar refractivity (Wildman–Crippen MR) is 79.5 cm³/mol. The number of hydrogen-bond donors (Lipinski definition) is 1. The van der Waals surface area contributed by atoms with E-state index in [4.69, 9.17) is 0 Å². The van der Waals surface area contributed by atoms with Gasteiger partial charge in [0.05, 0.1) is 0 Å². The molecule has 2 saturated heterocycles. The molecule has 3 aliphatic rings. The topological polar surface area (TPSA) is 32.3 Å². The summed E-state index contributed by atoms with van der Waals surface area (Å²) in [6, 6.07) is 0.511. The fourth-order valence-electron chi connectivity index (χ4n) is 4.13. The number of halogens is 1. The Labute approximate surface area is 122 Å². The molecule has 2 unspecified atom stereocenters. The lowest BCUT2D eigenvalue weighted by Crippen LogP contribution is -2.41. The van der Waals surface area contributed by atoms with Gasteiger partial charge in [-0.25, -0.2) is 0 Å². The molecule has 19 heavy (non-hydrogen) atoms. The number of carbonyl (C=O) groups is 1. The average Bonchev–Trinajstić information content (AvgIpc) is 2.86. The minimum atomic E-state index is 0. The second-order valence-electron chi connectivity index (χ2n) is 6.85. The van der Waals surface area contributed by atoms with E-state index < -0.39 is 0 Å². The molecule has 0 radical (unpaired) electrons. The van der Waals surface area contributed by atoms with E-state index in [1.807, 2.05) is 0 Å². The largest absolute Gasteiger partial charge is 0.339 e. The second kappa shape index (κ2) is 5.61. The Morgan fingerprint density at radius 3 is 2.63 bits per heavy atom. The quantitative estimate of drug-likeness (QED) is 0.846. The lowest BCUT2D eigenvalue weighted by atomic mass is 9.91. The van der Waals surface area contributed by atoms with Gasteiger partial charge in [-0.3, -0.25) is 4.79 Å². The number of carbonyl (C=O) groups excluding carboxylic acids is 1. The van der Waals surface area contributed by atoms with Gasteiger partial charge in [0, 0.05) is 18.5 Å². The van der Waals surface area contributed by atoms with Gasteiger partial charge >= 0.3 is 0 Å². The first-order valence-electron chi connectivity index (χ1n) is 7.65. The van der Waals surface area contributed by atoms with Crippen molar-refractivity contribution in [2.45, 2.75) is 52.0 Å². The van der Waals surface area contributed by atoms with E-state index in [-0.39, 0.29) is 12.4 Å². The minimum absolute atomic E-state index is 0. The molecule has 2 aliphatic heterocycles. The van der Waals surface area contributed by atoms with Gasteiger partial charge in [0.1, 0.15) is 0 Å². The third-order valence-electron chi connectivity index (χ3n) is 5.44. The molecule has 0 bridgehead atoms. The van der Waals surface area contributed by atoms with Crippen LogP contribution in [0.5, 0.6) is 0 Å². The zero-order valence-corrected chi connectivity index (χ0v) is 13.0. The van der Waals surface area contributed by atoms with Crippen molar-refractivity contribution < 1.29 is 4.79 Å². The number of rotatable bonds is 2. The van der Waals surface area contributed by atoms with Crippen LogP contribution in [0.15, 0.2) is 0 Å². The summed E-state index contributed by atoms with van der Waals surface area (Å²) in [5.41, 5.74) is 0.395. The molecule has 0 aromatic rings. The summed E-state index contributed by atoms with van der Waals surface area (Å²) in [7, 11) is 0. The number of amides is 1. The molecular formula is C15H27ClN2O. The summed E-state index contributed by atoms with van der Waals surface area (Å²) in [5, 5.41) is 3.41. The highest BCUT2D eigenvalue weighted by atomic mass is 35.5. The Balaban J connectivity index is 0.00000133. The zero-order valence-electron chi connectivity index (χ0n) is 12.2. The van der Waals surface area contributed by atoms with Crippen LogP contribution in [-0.4, -0.2) is 36.5 Å². The van der Waals surface area contributed by atoms with Gasteiger partial charge in [0.2, 0.25) is 5.91 Å². The molecule has 1 saturated carbocycles. The molecule has 3 nitrogen and oxygen atoms in total. The summed E-state index contributed by atoms with van der Waals surface area (Å²) >= 11 is 0. The standard InChI is InChI=1S/C15H26N2O.ClH/c1-11(2)13-4-3-9-17(13)14(18)12-10-15(12)5-7-16-8-6-15;/h11-13,16H,3-10H2,1-2H3;1H. The Kier molecular flexibility index (Phi) is 4.46. The van der Waals surface area contributed by atoms with Gasteiger partial charge in [0.25, 0.3) is 0 Å². The van der Waals surface area contributed by atoms with E-state index >= 15 is 0 Å². The van der Waals surface area contributed by atoms with Crippen LogP contribution in [-0.2, 0) is 4.79 Å². The molecule has 4 heteroatoms. The lowest BCUT2D eigenvalue weighted by Gasteiger charge is -2.30. The van der Waals surface area contributed by atoms with Crippen LogP contribution in [0.4, 0.5) is 0 Å². The molecule has 1 N–H and O–H groups in total. The number of likely N-dealkylation sites (tertiary alicyclic amines) is 1. The van der Waals surface area contributed by atoms with Crippen LogP contribution in [0.1, 0.15) is 46.0 Å². The Morgan fingerprint density at radius 1 is 1.32 bits per heavy atom. The summed E-state index contributed by atoms with van der Waals surface area (Å²) in [4.78, 5) is 14.9. The molecular weight excluding hydrogens is 260 g/mol. The van der Waals surface area contributed by atoms with Crippen molar-refractivity contribution in [3.8, 4) is 0 Å². The third-order valence-corrected chi connectivity index (χ3v) is 5.44. The number of piperidine rings is 1. The summed E-state index contributed by atoms with van der Waals surface area (Å²) in [6.45, 7) is 7.73. The third kappa shape index (κ3) is 2.64. The van der Waals surface area contributed by atoms with E-state index in [1.165, 1.54) is 25.7 Å². The van der Waals surface area contributed by atoms with E-state index in [1.54, 1.807) is 0 Å². The molecule has 0 aromatic heterocycles. The fourth-order valence-corrected chi connectivity index (χ4v) is 4.13. The number of nitrogens with zero attached hydrogens (tertiary/aromatic N) is 1. The van der Waals surface area contributed by atoms with Gasteiger partial charge in [-0.1, -0.05) is 13.8 Å². The van der Waals surface area contributed by atoms with Crippen LogP contribution in [0.25, 0.3) is 0 Å². The minimum Gasteiger partial charge on any atom is -0.339 e. The van der Waals surface area contributed by atoms with E-state index in [9.17, 15) is 4.79 Å². The normalized spacial score (nSPS) is 32.5. The molecule has 3 fully saturated rings. The molecule has 110 valence electrons. The summed E-state index contributed by atoms with van der Waals surface area (Å²) in [6.07, 6.45) is 6.00. The predicted octanol–water partition coefficient (Wildman–Crippen LogP) is 2.44. The molecule has 2 heterocycles. The molecule has 0 aromatic carbocycles. The molecule has 3 rings (SSSR count). The summed E-state index contributed by atoms with van der Waals surface area (Å²) in [5.74, 6) is 1.45. The van der Waals surface area contributed by atoms with Crippen molar-refractivity contribution in [3.63, 3.8) is 0 Å². The Hall–Kier alpha value is -0.280. The van der Waals surface area contributed by atoms with Crippen LogP contribution in [0.2, 0.25) is 0 Å². The smallest absolute Gasteiger partial charge is 0.226 e. The highest BCUT2D eigenvalue weighted by Crippen LogP contribution is 2.59. The average molecular weight is 287 g/mol. The van der Waals surface area contributed by atoms with Crippen LogP contribution < -0.4 is 5.32 Å². The van der Waals surface area contributed by atoms with Crippen molar-refractivity contribution in [1.29, 1.82) is 0 Å². The fraction of sp³-hybridized carbons (Fsp3) is 0.933. The zero-order chi connectivity index (χ0) is 12.8. The summed E-state index contributed by atoms with van der Waals surface area (Å²) < 4.78 is 0. The first-order valence-corrected chi connectivity index (χ1v) is 7.65. The van der Waals surface area contributed by atoms with E-state index in [0.717, 1.165) is 26.1 Å². The number of hydrogen-bond acceptors (Lipinski definition) is 2. The maximum atomic E-state index is 12.7. The maximum Gasteiger partial charge on any atom is 0.226 e. The van der Waals surface area contributed by atoms with Crippen molar-refractivity contribution in [3.05, 3.63) is 0 Å². The molecule has 1 aliphatic carbocycles. The number of nitrogens with one attached hydrogen (secondary N) is 1. The van der Waals surface area contributed by atoms with Crippen molar-refractivity contribution in [2.24, 2.45) is 17.3 Å². The highest BCUT2D eigenvalue weighted by Gasteiger charge is 2.59. The molecule has 1 amide bonds. The van der Waals surface area contributed by atoms with E-state index in [2.05, 4.69) is 24.1 Å². The van der Waals surface area contributed by atoms with Crippen molar-refractivity contribution >= 4 is 18.3 Å². The van der Waals surface area contributed by atoms with Gasteiger partial charge in [-0.05, 0) is 56.5 Å². The Bertz CT molecular complexity index is 339. The molecule has 1 spiro atoms. The van der Waals surface area contributed by atoms with Gasteiger partial charge < -0.3 is 10.2 Å². The van der Waals surface area contributed by atoms with Gasteiger partial charge in [-0.15, -0.1) is 12.4 Å².